The maximum Gasteiger partial charge on any atom is 0.312 e. The summed E-state index contributed by atoms with van der Waals surface area (Å²) < 4.78 is 9.84. The molecule has 0 radical (unpaired) electrons. The van der Waals surface area contributed by atoms with E-state index in [4.69, 9.17) is 9.47 Å². The van der Waals surface area contributed by atoms with E-state index in [0.29, 0.717) is 5.75 Å². The van der Waals surface area contributed by atoms with Crippen LogP contribution in [0.1, 0.15) is 0 Å². The minimum atomic E-state index is -0.291. The van der Waals surface area contributed by atoms with Crippen LogP contribution >= 0.6 is 9.24 Å². The van der Waals surface area contributed by atoms with Crippen LogP contribution in [0.15, 0.2) is 30.3 Å². The van der Waals surface area contributed by atoms with E-state index in [9.17, 15) is 4.79 Å². The minimum absolute atomic E-state index is 0.0305. The predicted molar refractivity (Wildman–Crippen MR) is 52.6 cm³/mol. The van der Waals surface area contributed by atoms with E-state index in [1.807, 2.05) is 18.2 Å². The van der Waals surface area contributed by atoms with Crippen LogP contribution < -0.4 is 4.74 Å². The molecule has 0 aliphatic carbocycles. The Bertz CT molecular complexity index is 261. The van der Waals surface area contributed by atoms with Crippen molar-refractivity contribution >= 4 is 15.2 Å². The lowest BCUT2D eigenvalue weighted by atomic mass is 10.3. The number of rotatable bonds is 4. The molecule has 1 atom stereocenters. The molecule has 0 amide bonds. The SMILES string of the molecule is O=C(CP)OCOc1ccccc1. The summed E-state index contributed by atoms with van der Waals surface area (Å²) in [6.07, 6.45) is 0.290. The number of benzene rings is 1. The summed E-state index contributed by atoms with van der Waals surface area (Å²) in [6, 6.07) is 9.20. The van der Waals surface area contributed by atoms with Gasteiger partial charge >= 0.3 is 5.97 Å². The summed E-state index contributed by atoms with van der Waals surface area (Å²) in [4.78, 5) is 10.7. The molecule has 3 nitrogen and oxygen atoms in total. The third-order valence-electron chi connectivity index (χ3n) is 1.36. The Morgan fingerprint density at radius 1 is 1.31 bits per heavy atom. The molecule has 0 aliphatic heterocycles. The van der Waals surface area contributed by atoms with Crippen LogP contribution in [0.3, 0.4) is 0 Å². The van der Waals surface area contributed by atoms with E-state index in [-0.39, 0.29) is 18.9 Å². The molecule has 0 aliphatic rings. The van der Waals surface area contributed by atoms with E-state index in [1.165, 1.54) is 0 Å². The van der Waals surface area contributed by atoms with E-state index in [1.54, 1.807) is 12.1 Å². The highest BCUT2D eigenvalue weighted by atomic mass is 31.0. The van der Waals surface area contributed by atoms with Gasteiger partial charge in [0.1, 0.15) is 5.75 Å². The Morgan fingerprint density at radius 3 is 2.62 bits per heavy atom. The molecule has 0 bridgehead atoms. The summed E-state index contributed by atoms with van der Waals surface area (Å²) >= 11 is 0. The van der Waals surface area contributed by atoms with E-state index in [0.717, 1.165) is 0 Å². The molecule has 1 rings (SSSR count). The van der Waals surface area contributed by atoms with E-state index >= 15 is 0 Å². The second-order valence-corrected chi connectivity index (χ2v) is 2.70. The third-order valence-corrected chi connectivity index (χ3v) is 1.69. The molecule has 0 saturated carbocycles. The van der Waals surface area contributed by atoms with Crippen molar-refractivity contribution in [2.24, 2.45) is 0 Å². The van der Waals surface area contributed by atoms with Gasteiger partial charge in [0.25, 0.3) is 0 Å². The van der Waals surface area contributed by atoms with Gasteiger partial charge in [-0.1, -0.05) is 18.2 Å². The zero-order chi connectivity index (χ0) is 9.52. The van der Waals surface area contributed by atoms with Crippen LogP contribution in [0.2, 0.25) is 0 Å². The first-order chi connectivity index (χ1) is 6.33. The second-order valence-electron chi connectivity index (χ2n) is 2.30. The molecule has 0 fully saturated rings. The zero-order valence-electron chi connectivity index (χ0n) is 7.10. The highest BCUT2D eigenvalue weighted by Gasteiger charge is 1.97. The highest BCUT2D eigenvalue weighted by Crippen LogP contribution is 2.07. The largest absolute Gasteiger partial charge is 0.457 e. The van der Waals surface area contributed by atoms with Crippen LogP contribution in [-0.2, 0) is 9.53 Å². The fourth-order valence-electron chi connectivity index (χ4n) is 0.739. The molecule has 1 unspecified atom stereocenters. The van der Waals surface area contributed by atoms with E-state index < -0.39 is 0 Å². The number of hydrogen-bond acceptors (Lipinski definition) is 3. The van der Waals surface area contributed by atoms with Gasteiger partial charge in [0.05, 0.1) is 6.16 Å². The Labute approximate surface area is 79.2 Å². The number of carbonyl (C=O) groups is 1. The Balaban J connectivity index is 2.24. The normalized spacial score (nSPS) is 9.31. The number of ether oxygens (including phenoxy) is 2. The van der Waals surface area contributed by atoms with Crippen molar-refractivity contribution in [1.82, 2.24) is 0 Å². The fourth-order valence-corrected chi connectivity index (χ4v) is 0.857. The quantitative estimate of drug-likeness (QED) is 0.417. The van der Waals surface area contributed by atoms with Crippen LogP contribution in [-0.4, -0.2) is 18.9 Å². The Kier molecular flexibility index (Phi) is 4.27. The van der Waals surface area contributed by atoms with Gasteiger partial charge < -0.3 is 9.47 Å². The van der Waals surface area contributed by atoms with Gasteiger partial charge in [0.2, 0.25) is 6.79 Å². The lowest BCUT2D eigenvalue weighted by Gasteiger charge is -2.05. The lowest BCUT2D eigenvalue weighted by Crippen LogP contribution is -2.10. The molecule has 1 aromatic carbocycles. The third kappa shape index (κ3) is 3.90. The molecule has 0 spiro atoms. The summed E-state index contributed by atoms with van der Waals surface area (Å²) in [5.41, 5.74) is 0. The van der Waals surface area contributed by atoms with Gasteiger partial charge in [-0.25, -0.2) is 0 Å². The molecule has 0 heterocycles. The monoisotopic (exact) mass is 198 g/mol. The summed E-state index contributed by atoms with van der Waals surface area (Å²) in [5, 5.41) is 0. The van der Waals surface area contributed by atoms with Gasteiger partial charge in [0.15, 0.2) is 0 Å². The zero-order valence-corrected chi connectivity index (χ0v) is 8.26. The fraction of sp³-hybridized carbons (Fsp3) is 0.222. The van der Waals surface area contributed by atoms with E-state index in [2.05, 4.69) is 9.24 Å². The molecule has 1 aromatic rings. The molecule has 0 saturated heterocycles. The number of para-hydroxylation sites is 1. The molecule has 0 N–H and O–H groups in total. The first kappa shape index (κ1) is 10.0. The van der Waals surface area contributed by atoms with Crippen LogP contribution in [0, 0.1) is 0 Å². The molecule has 13 heavy (non-hydrogen) atoms. The molecule has 70 valence electrons. The maximum absolute atomic E-state index is 10.7. The van der Waals surface area contributed by atoms with Gasteiger partial charge in [-0.15, -0.1) is 9.24 Å². The average molecular weight is 198 g/mol. The van der Waals surface area contributed by atoms with Crippen molar-refractivity contribution in [3.05, 3.63) is 30.3 Å². The summed E-state index contributed by atoms with van der Waals surface area (Å²) in [6.45, 7) is -0.0305. The van der Waals surface area contributed by atoms with Crippen molar-refractivity contribution in [3.63, 3.8) is 0 Å². The van der Waals surface area contributed by atoms with Crippen molar-refractivity contribution < 1.29 is 14.3 Å². The van der Waals surface area contributed by atoms with Crippen LogP contribution in [0.25, 0.3) is 0 Å². The molecular formula is C9H11O3P. The van der Waals surface area contributed by atoms with Crippen molar-refractivity contribution in [3.8, 4) is 5.75 Å². The smallest absolute Gasteiger partial charge is 0.312 e. The maximum atomic E-state index is 10.7. The van der Waals surface area contributed by atoms with Crippen LogP contribution in [0.5, 0.6) is 5.75 Å². The molecule has 0 aromatic heterocycles. The molecule has 4 heteroatoms. The van der Waals surface area contributed by atoms with Gasteiger partial charge in [0, 0.05) is 0 Å². The first-order valence-electron chi connectivity index (χ1n) is 3.86. The number of hydrogen-bond donors (Lipinski definition) is 0. The molecular weight excluding hydrogens is 187 g/mol. The van der Waals surface area contributed by atoms with Crippen molar-refractivity contribution in [2.75, 3.05) is 13.0 Å². The standard InChI is InChI=1S/C9H11O3P/c10-9(6-13)12-7-11-8-4-2-1-3-5-8/h1-5H,6-7,13H2. The predicted octanol–water partition coefficient (Wildman–Crippen LogP) is 1.44. The first-order valence-corrected chi connectivity index (χ1v) is 4.68. The van der Waals surface area contributed by atoms with Gasteiger partial charge in [-0.2, -0.15) is 0 Å². The van der Waals surface area contributed by atoms with Gasteiger partial charge in [-0.05, 0) is 12.1 Å². The van der Waals surface area contributed by atoms with Gasteiger partial charge in [-0.3, -0.25) is 4.79 Å². The van der Waals surface area contributed by atoms with Crippen LogP contribution in [0.4, 0.5) is 0 Å². The van der Waals surface area contributed by atoms with Crippen molar-refractivity contribution in [1.29, 1.82) is 0 Å². The Hall–Kier alpha value is -1.08. The van der Waals surface area contributed by atoms with Crippen molar-refractivity contribution in [2.45, 2.75) is 0 Å². The topological polar surface area (TPSA) is 35.5 Å². The minimum Gasteiger partial charge on any atom is -0.457 e. The number of esters is 1. The lowest BCUT2D eigenvalue weighted by molar-refractivity contribution is -0.146. The second kappa shape index (κ2) is 5.55. The Morgan fingerprint density at radius 2 is 2.00 bits per heavy atom. The number of carbonyl (C=O) groups excluding carboxylic acids is 1. The highest BCUT2D eigenvalue weighted by molar-refractivity contribution is 7.18. The summed E-state index contributed by atoms with van der Waals surface area (Å²) in [5.74, 6) is 0.403. The average Bonchev–Trinajstić information content (AvgIpc) is 2.19. The summed E-state index contributed by atoms with van der Waals surface area (Å²) in [7, 11) is 2.29.